The van der Waals surface area contributed by atoms with Crippen LogP contribution in [0.25, 0.3) is 0 Å². The fourth-order valence-electron chi connectivity index (χ4n) is 2.47. The first-order chi connectivity index (χ1) is 8.81. The van der Waals surface area contributed by atoms with Gasteiger partial charge >= 0.3 is 0 Å². The molecular weight excluding hydrogens is 232 g/mol. The molecule has 0 aromatic carbocycles. The Morgan fingerprint density at radius 2 is 2.44 bits per heavy atom. The van der Waals surface area contributed by atoms with Gasteiger partial charge in [-0.3, -0.25) is 4.79 Å². The number of furan rings is 1. The Bertz CT molecular complexity index is 477. The zero-order valence-corrected chi connectivity index (χ0v) is 9.91. The Morgan fingerprint density at radius 1 is 1.56 bits per heavy atom. The number of morpholine rings is 1. The maximum absolute atomic E-state index is 12.3. The lowest BCUT2D eigenvalue weighted by Gasteiger charge is -2.31. The van der Waals surface area contributed by atoms with Crippen LogP contribution in [0.4, 0.5) is 0 Å². The van der Waals surface area contributed by atoms with Crippen molar-refractivity contribution in [2.24, 2.45) is 5.92 Å². The van der Waals surface area contributed by atoms with Crippen LogP contribution in [-0.4, -0.2) is 36.6 Å². The van der Waals surface area contributed by atoms with Gasteiger partial charge in [0.15, 0.2) is 0 Å². The van der Waals surface area contributed by atoms with Crippen LogP contribution in [0.5, 0.6) is 0 Å². The van der Waals surface area contributed by atoms with Crippen LogP contribution in [0.3, 0.4) is 0 Å². The molecule has 1 saturated carbocycles. The highest BCUT2D eigenvalue weighted by Gasteiger charge is 2.48. The predicted octanol–water partition coefficient (Wildman–Crippen LogP) is 1.13. The number of nitrogens with zero attached hydrogens (tertiary/aromatic N) is 2. The Morgan fingerprint density at radius 3 is 3.17 bits per heavy atom. The summed E-state index contributed by atoms with van der Waals surface area (Å²) < 4.78 is 10.5. The molecule has 0 unspecified atom stereocenters. The quantitative estimate of drug-likeness (QED) is 0.784. The van der Waals surface area contributed by atoms with Gasteiger partial charge in [0, 0.05) is 18.4 Å². The van der Waals surface area contributed by atoms with E-state index in [1.165, 1.54) is 0 Å². The minimum absolute atomic E-state index is 0.0231. The van der Waals surface area contributed by atoms with E-state index in [4.69, 9.17) is 14.4 Å². The molecule has 2 fully saturated rings. The largest absolute Gasteiger partial charge is 0.469 e. The first kappa shape index (κ1) is 11.3. The summed E-state index contributed by atoms with van der Waals surface area (Å²) in [5, 5.41) is 9.02. The van der Waals surface area contributed by atoms with Crippen molar-refractivity contribution in [3.05, 3.63) is 24.2 Å². The summed E-state index contributed by atoms with van der Waals surface area (Å²) in [4.78, 5) is 14.0. The van der Waals surface area contributed by atoms with Crippen molar-refractivity contribution in [3.8, 4) is 6.07 Å². The number of carbonyl (C=O) groups is 1. The molecular formula is C13H14N2O3. The van der Waals surface area contributed by atoms with Crippen molar-refractivity contribution in [1.82, 2.24) is 4.90 Å². The van der Waals surface area contributed by atoms with Gasteiger partial charge in [-0.1, -0.05) is 0 Å². The lowest BCUT2D eigenvalue weighted by Crippen LogP contribution is -2.48. The molecule has 5 nitrogen and oxygen atoms in total. The van der Waals surface area contributed by atoms with Crippen LogP contribution in [0.2, 0.25) is 0 Å². The number of nitriles is 1. The van der Waals surface area contributed by atoms with E-state index in [-0.39, 0.29) is 17.7 Å². The van der Waals surface area contributed by atoms with Crippen LogP contribution in [0, 0.1) is 17.2 Å². The molecule has 1 amide bonds. The van der Waals surface area contributed by atoms with Crippen molar-refractivity contribution in [2.75, 3.05) is 19.8 Å². The molecule has 2 aliphatic rings. The monoisotopic (exact) mass is 246 g/mol. The molecule has 3 atom stereocenters. The van der Waals surface area contributed by atoms with Gasteiger partial charge in [0.05, 0.1) is 25.5 Å². The zero-order valence-electron chi connectivity index (χ0n) is 9.91. The summed E-state index contributed by atoms with van der Waals surface area (Å²) in [6.07, 6.45) is 2.45. The lowest BCUT2D eigenvalue weighted by molar-refractivity contribution is -0.139. The molecule has 0 bridgehead atoms. The normalized spacial score (nSPS) is 30.8. The molecule has 3 rings (SSSR count). The van der Waals surface area contributed by atoms with Crippen LogP contribution >= 0.6 is 0 Å². The second-order valence-electron chi connectivity index (χ2n) is 4.72. The second-order valence-corrected chi connectivity index (χ2v) is 4.72. The number of carbonyl (C=O) groups excluding carboxylic acids is 1. The molecule has 1 aromatic rings. The van der Waals surface area contributed by atoms with Gasteiger partial charge in [-0.05, 0) is 18.6 Å². The molecule has 18 heavy (non-hydrogen) atoms. The van der Waals surface area contributed by atoms with Crippen LogP contribution in [0.1, 0.15) is 18.1 Å². The molecule has 0 radical (unpaired) electrons. The SMILES string of the molecule is N#C[C@@H]1COCCN1C(=O)[C@H]1C[C@@H]1c1ccco1. The van der Waals surface area contributed by atoms with E-state index >= 15 is 0 Å². The summed E-state index contributed by atoms with van der Waals surface area (Å²) in [7, 11) is 0. The summed E-state index contributed by atoms with van der Waals surface area (Å²) in [6.45, 7) is 1.35. The molecule has 94 valence electrons. The first-order valence-electron chi connectivity index (χ1n) is 6.12. The van der Waals surface area contributed by atoms with E-state index in [9.17, 15) is 4.79 Å². The Kier molecular flexibility index (Phi) is 2.80. The van der Waals surface area contributed by atoms with Gasteiger partial charge < -0.3 is 14.1 Å². The average Bonchev–Trinajstić information content (AvgIpc) is 3.03. The third-order valence-electron chi connectivity index (χ3n) is 3.58. The number of hydrogen-bond donors (Lipinski definition) is 0. The van der Waals surface area contributed by atoms with Gasteiger partial charge in [0.2, 0.25) is 5.91 Å². The van der Waals surface area contributed by atoms with Crippen LogP contribution < -0.4 is 0 Å². The van der Waals surface area contributed by atoms with Crippen molar-refractivity contribution >= 4 is 5.91 Å². The van der Waals surface area contributed by atoms with E-state index in [0.717, 1.165) is 12.2 Å². The van der Waals surface area contributed by atoms with E-state index in [1.807, 2.05) is 12.1 Å². The highest BCUT2D eigenvalue weighted by molar-refractivity contribution is 5.83. The molecule has 1 aliphatic heterocycles. The smallest absolute Gasteiger partial charge is 0.227 e. The maximum atomic E-state index is 12.3. The van der Waals surface area contributed by atoms with Gasteiger partial charge in [-0.2, -0.15) is 5.26 Å². The first-order valence-corrected chi connectivity index (χ1v) is 6.12. The molecule has 2 heterocycles. The maximum Gasteiger partial charge on any atom is 0.227 e. The fourth-order valence-corrected chi connectivity index (χ4v) is 2.47. The van der Waals surface area contributed by atoms with Gasteiger partial charge in [0.1, 0.15) is 11.8 Å². The number of rotatable bonds is 2. The minimum atomic E-state index is -0.441. The predicted molar refractivity (Wildman–Crippen MR) is 61.5 cm³/mol. The van der Waals surface area contributed by atoms with Gasteiger partial charge in [-0.25, -0.2) is 0 Å². The van der Waals surface area contributed by atoms with Gasteiger partial charge in [0.25, 0.3) is 0 Å². The van der Waals surface area contributed by atoms with Crippen molar-refractivity contribution in [2.45, 2.75) is 18.4 Å². The second kappa shape index (κ2) is 4.46. The lowest BCUT2D eigenvalue weighted by atomic mass is 10.2. The summed E-state index contributed by atoms with van der Waals surface area (Å²) in [5.41, 5.74) is 0. The molecule has 0 N–H and O–H groups in total. The third-order valence-corrected chi connectivity index (χ3v) is 3.58. The highest BCUT2D eigenvalue weighted by atomic mass is 16.5. The molecule has 1 aliphatic carbocycles. The van der Waals surface area contributed by atoms with E-state index < -0.39 is 6.04 Å². The zero-order chi connectivity index (χ0) is 12.5. The average molecular weight is 246 g/mol. The number of amides is 1. The third kappa shape index (κ3) is 1.89. The van der Waals surface area contributed by atoms with E-state index in [1.54, 1.807) is 11.2 Å². The highest BCUT2D eigenvalue weighted by Crippen LogP contribution is 2.48. The molecule has 0 spiro atoms. The van der Waals surface area contributed by atoms with E-state index in [2.05, 4.69) is 6.07 Å². The van der Waals surface area contributed by atoms with Crippen molar-refractivity contribution in [3.63, 3.8) is 0 Å². The molecule has 5 heteroatoms. The standard InChI is InChI=1S/C13H14N2O3/c14-7-9-8-17-5-3-15(9)13(16)11-6-10(11)12-2-1-4-18-12/h1-2,4,9-11H,3,5-6,8H2/t9-,10+,11+/m1/s1. The van der Waals surface area contributed by atoms with Crippen molar-refractivity contribution in [1.29, 1.82) is 5.26 Å². The van der Waals surface area contributed by atoms with Crippen LogP contribution in [-0.2, 0) is 9.53 Å². The topological polar surface area (TPSA) is 66.5 Å². The summed E-state index contributed by atoms with van der Waals surface area (Å²) in [5.74, 6) is 1.10. The molecule has 1 saturated heterocycles. The Hall–Kier alpha value is -1.80. The number of ether oxygens (including phenoxy) is 1. The van der Waals surface area contributed by atoms with Crippen molar-refractivity contribution < 1.29 is 13.9 Å². The summed E-state index contributed by atoms with van der Waals surface area (Å²) >= 11 is 0. The minimum Gasteiger partial charge on any atom is -0.469 e. The van der Waals surface area contributed by atoms with Gasteiger partial charge in [-0.15, -0.1) is 0 Å². The van der Waals surface area contributed by atoms with E-state index in [0.29, 0.717) is 19.8 Å². The molecule has 1 aromatic heterocycles. The Balaban J connectivity index is 1.67. The number of hydrogen-bond acceptors (Lipinski definition) is 4. The Labute approximate surface area is 105 Å². The van der Waals surface area contributed by atoms with Crippen LogP contribution in [0.15, 0.2) is 22.8 Å². The summed E-state index contributed by atoms with van der Waals surface area (Å²) in [6, 6.07) is 5.42. The fraction of sp³-hybridized carbons (Fsp3) is 0.538.